The number of carbonyl (C=O) groups excluding carboxylic acids is 2. The number of fused-ring (bicyclic) bond motifs is 1. The molecule has 1 N–H and O–H groups in total. The van der Waals surface area contributed by atoms with Crippen molar-refractivity contribution < 1.29 is 22.8 Å². The first-order chi connectivity index (χ1) is 13.2. The SMILES string of the molecule is CC(C)C(=O)c1cn(CC(=O)Nc2ccccc2C(F)(F)F)c2ccccc12. The van der Waals surface area contributed by atoms with Gasteiger partial charge in [0.15, 0.2) is 5.78 Å². The van der Waals surface area contributed by atoms with Crippen molar-refractivity contribution in [1.29, 1.82) is 0 Å². The van der Waals surface area contributed by atoms with Gasteiger partial charge in [0.1, 0.15) is 6.54 Å². The first-order valence-electron chi connectivity index (χ1n) is 8.76. The molecule has 0 saturated heterocycles. The Balaban J connectivity index is 1.90. The number of hydrogen-bond acceptors (Lipinski definition) is 2. The Morgan fingerprint density at radius 2 is 1.68 bits per heavy atom. The van der Waals surface area contributed by atoms with Gasteiger partial charge in [-0.1, -0.05) is 44.2 Å². The molecule has 0 fully saturated rings. The Kier molecular flexibility index (Phi) is 5.27. The van der Waals surface area contributed by atoms with E-state index >= 15 is 0 Å². The minimum absolute atomic E-state index is 0.0576. The van der Waals surface area contributed by atoms with Crippen LogP contribution < -0.4 is 5.32 Å². The van der Waals surface area contributed by atoms with E-state index in [0.29, 0.717) is 16.5 Å². The number of carbonyl (C=O) groups is 2. The molecule has 0 bridgehead atoms. The Morgan fingerprint density at radius 1 is 1.04 bits per heavy atom. The van der Waals surface area contributed by atoms with E-state index < -0.39 is 17.6 Å². The fourth-order valence-corrected chi connectivity index (χ4v) is 3.07. The van der Waals surface area contributed by atoms with Crippen LogP contribution in [-0.2, 0) is 17.5 Å². The zero-order valence-corrected chi connectivity index (χ0v) is 15.4. The molecular formula is C21H19F3N2O2. The van der Waals surface area contributed by atoms with Crippen LogP contribution in [0.15, 0.2) is 54.7 Å². The van der Waals surface area contributed by atoms with Crippen LogP contribution in [0.5, 0.6) is 0 Å². The van der Waals surface area contributed by atoms with Crippen molar-refractivity contribution in [2.45, 2.75) is 26.6 Å². The summed E-state index contributed by atoms with van der Waals surface area (Å²) in [5, 5.41) is 3.04. The lowest BCUT2D eigenvalue weighted by molar-refractivity contribution is -0.137. The van der Waals surface area contributed by atoms with Gasteiger partial charge in [-0.2, -0.15) is 13.2 Å². The van der Waals surface area contributed by atoms with Crippen molar-refractivity contribution in [3.05, 3.63) is 65.9 Å². The summed E-state index contributed by atoms with van der Waals surface area (Å²) in [6, 6.07) is 11.9. The van der Waals surface area contributed by atoms with Crippen LogP contribution in [0, 0.1) is 5.92 Å². The summed E-state index contributed by atoms with van der Waals surface area (Å²) in [5.74, 6) is -0.884. The molecule has 0 spiro atoms. The van der Waals surface area contributed by atoms with E-state index in [1.165, 1.54) is 18.2 Å². The molecule has 4 nitrogen and oxygen atoms in total. The Labute approximate surface area is 160 Å². The van der Waals surface area contributed by atoms with Crippen LogP contribution >= 0.6 is 0 Å². The van der Waals surface area contributed by atoms with E-state index in [-0.39, 0.29) is 23.9 Å². The van der Waals surface area contributed by atoms with Gasteiger partial charge in [-0.15, -0.1) is 0 Å². The lowest BCUT2D eigenvalue weighted by atomic mass is 10.0. The Hall–Kier alpha value is -3.09. The van der Waals surface area contributed by atoms with Gasteiger partial charge in [0.2, 0.25) is 5.91 Å². The second-order valence-electron chi connectivity index (χ2n) is 6.80. The Bertz CT molecular complexity index is 1040. The van der Waals surface area contributed by atoms with Crippen LogP contribution in [0.2, 0.25) is 0 Å². The first kappa shape index (κ1) is 19.7. The fraction of sp³-hybridized carbons (Fsp3) is 0.238. The van der Waals surface area contributed by atoms with Gasteiger partial charge in [0.25, 0.3) is 0 Å². The number of benzene rings is 2. The lowest BCUT2D eigenvalue weighted by Gasteiger charge is -2.14. The number of halogens is 3. The molecule has 3 rings (SSSR count). The number of rotatable bonds is 5. The van der Waals surface area contributed by atoms with Gasteiger partial charge < -0.3 is 9.88 Å². The number of amides is 1. The minimum Gasteiger partial charge on any atom is -0.337 e. The molecule has 7 heteroatoms. The van der Waals surface area contributed by atoms with Gasteiger partial charge in [-0.3, -0.25) is 9.59 Å². The number of Topliss-reactive ketones (excluding diaryl/α,β-unsaturated/α-hetero) is 1. The maximum absolute atomic E-state index is 13.1. The summed E-state index contributed by atoms with van der Waals surface area (Å²) in [4.78, 5) is 24.9. The summed E-state index contributed by atoms with van der Waals surface area (Å²) in [7, 11) is 0. The average molecular weight is 388 g/mol. The molecule has 0 aliphatic heterocycles. The van der Waals surface area contributed by atoms with Gasteiger partial charge in [0, 0.05) is 28.6 Å². The van der Waals surface area contributed by atoms with E-state index in [1.807, 2.05) is 0 Å². The van der Waals surface area contributed by atoms with Crippen molar-refractivity contribution in [3.63, 3.8) is 0 Å². The van der Waals surface area contributed by atoms with E-state index in [2.05, 4.69) is 5.32 Å². The molecule has 1 aromatic heterocycles. The van der Waals surface area contributed by atoms with Crippen molar-refractivity contribution >= 4 is 28.3 Å². The van der Waals surface area contributed by atoms with Crippen molar-refractivity contribution in [1.82, 2.24) is 4.57 Å². The number of hydrogen-bond donors (Lipinski definition) is 1. The van der Waals surface area contributed by atoms with Crippen LogP contribution in [0.25, 0.3) is 10.9 Å². The van der Waals surface area contributed by atoms with Crippen molar-refractivity contribution in [2.24, 2.45) is 5.92 Å². The molecule has 28 heavy (non-hydrogen) atoms. The van der Waals surface area contributed by atoms with Crippen LogP contribution in [0.1, 0.15) is 29.8 Å². The summed E-state index contributed by atoms with van der Waals surface area (Å²) >= 11 is 0. The highest BCUT2D eigenvalue weighted by Gasteiger charge is 2.33. The normalized spacial score (nSPS) is 11.8. The number of aromatic nitrogens is 1. The standard InChI is InChI=1S/C21H19F3N2O2/c1-13(2)20(28)15-11-26(18-10-6-3-7-14(15)18)12-19(27)25-17-9-5-4-8-16(17)21(22,23)24/h3-11,13H,12H2,1-2H3,(H,25,27). The molecule has 0 aliphatic carbocycles. The molecule has 1 amide bonds. The van der Waals surface area contributed by atoms with Crippen molar-refractivity contribution in [2.75, 3.05) is 5.32 Å². The lowest BCUT2D eigenvalue weighted by Crippen LogP contribution is -2.20. The van der Waals surface area contributed by atoms with Gasteiger partial charge >= 0.3 is 6.18 Å². The molecule has 0 aliphatic rings. The predicted molar refractivity (Wildman–Crippen MR) is 101 cm³/mol. The monoisotopic (exact) mass is 388 g/mol. The summed E-state index contributed by atoms with van der Waals surface area (Å²) in [6.07, 6.45) is -2.98. The third-order valence-corrected chi connectivity index (χ3v) is 4.40. The first-order valence-corrected chi connectivity index (χ1v) is 8.76. The average Bonchev–Trinajstić information content (AvgIpc) is 2.99. The zero-order chi connectivity index (χ0) is 20.5. The van der Waals surface area contributed by atoms with Crippen molar-refractivity contribution in [3.8, 4) is 0 Å². The number of nitrogens with zero attached hydrogens (tertiary/aromatic N) is 1. The second-order valence-corrected chi connectivity index (χ2v) is 6.80. The minimum atomic E-state index is -4.57. The molecule has 0 unspecified atom stereocenters. The highest BCUT2D eigenvalue weighted by Crippen LogP contribution is 2.34. The Morgan fingerprint density at radius 3 is 2.36 bits per heavy atom. The third kappa shape index (κ3) is 3.93. The van der Waals surface area contributed by atoms with Gasteiger partial charge in [-0.05, 0) is 18.2 Å². The summed E-state index contributed by atoms with van der Waals surface area (Å²) < 4.78 is 40.9. The smallest absolute Gasteiger partial charge is 0.337 e. The van der Waals surface area contributed by atoms with Gasteiger partial charge in [-0.25, -0.2) is 0 Å². The third-order valence-electron chi connectivity index (χ3n) is 4.40. The largest absolute Gasteiger partial charge is 0.418 e. The highest BCUT2D eigenvalue weighted by molar-refractivity contribution is 6.09. The van der Waals surface area contributed by atoms with E-state index in [0.717, 1.165) is 6.07 Å². The highest BCUT2D eigenvalue weighted by atomic mass is 19.4. The van der Waals surface area contributed by atoms with Gasteiger partial charge in [0.05, 0.1) is 11.3 Å². The maximum atomic E-state index is 13.1. The molecule has 0 radical (unpaired) electrons. The number of para-hydroxylation sites is 2. The fourth-order valence-electron chi connectivity index (χ4n) is 3.07. The molecule has 0 atom stereocenters. The number of alkyl halides is 3. The molecule has 2 aromatic carbocycles. The molecule has 1 heterocycles. The zero-order valence-electron chi connectivity index (χ0n) is 15.4. The van der Waals surface area contributed by atoms with Crippen LogP contribution in [0.3, 0.4) is 0 Å². The van der Waals surface area contributed by atoms with Crippen LogP contribution in [0.4, 0.5) is 18.9 Å². The topological polar surface area (TPSA) is 51.1 Å². The number of nitrogens with one attached hydrogen (secondary N) is 1. The van der Waals surface area contributed by atoms with E-state index in [9.17, 15) is 22.8 Å². The van der Waals surface area contributed by atoms with Crippen LogP contribution in [-0.4, -0.2) is 16.3 Å². The summed E-state index contributed by atoms with van der Waals surface area (Å²) in [5.41, 5.74) is -0.0359. The predicted octanol–water partition coefficient (Wildman–Crippen LogP) is 5.14. The molecule has 3 aromatic rings. The number of ketones is 1. The summed E-state index contributed by atoms with van der Waals surface area (Å²) in [6.45, 7) is 3.36. The maximum Gasteiger partial charge on any atom is 0.418 e. The molecule has 146 valence electrons. The quantitative estimate of drug-likeness (QED) is 0.616. The van der Waals surface area contributed by atoms with E-state index in [4.69, 9.17) is 0 Å². The number of anilines is 1. The second kappa shape index (κ2) is 7.50. The molecule has 0 saturated carbocycles. The van der Waals surface area contributed by atoms with E-state index in [1.54, 1.807) is 48.9 Å². The molecular weight excluding hydrogens is 369 g/mol.